The average molecular weight is 405 g/mol. The van der Waals surface area contributed by atoms with Gasteiger partial charge in [0, 0.05) is 36.4 Å². The van der Waals surface area contributed by atoms with E-state index in [0.29, 0.717) is 30.2 Å². The zero-order valence-corrected chi connectivity index (χ0v) is 16.6. The number of aryl methyl sites for hydroxylation is 1. The van der Waals surface area contributed by atoms with Gasteiger partial charge < -0.3 is 10.0 Å². The van der Waals surface area contributed by atoms with Crippen molar-refractivity contribution in [2.24, 2.45) is 0 Å². The smallest absolute Gasteiger partial charge is 0.274 e. The summed E-state index contributed by atoms with van der Waals surface area (Å²) in [6.07, 6.45) is 3.55. The number of para-hydroxylation sites is 1. The minimum atomic E-state index is -0.475. The van der Waals surface area contributed by atoms with Gasteiger partial charge in [-0.1, -0.05) is 24.3 Å². The van der Waals surface area contributed by atoms with Crippen molar-refractivity contribution in [1.29, 1.82) is 0 Å². The lowest BCUT2D eigenvalue weighted by Gasteiger charge is -2.14. The van der Waals surface area contributed by atoms with E-state index >= 15 is 0 Å². The van der Waals surface area contributed by atoms with Crippen LogP contribution in [0.1, 0.15) is 22.5 Å². The summed E-state index contributed by atoms with van der Waals surface area (Å²) < 4.78 is 0. The molecule has 0 spiro atoms. The number of likely N-dealkylation sites (tertiary alicyclic amines) is 1. The van der Waals surface area contributed by atoms with Crippen LogP contribution >= 0.6 is 11.3 Å². The van der Waals surface area contributed by atoms with Gasteiger partial charge in [-0.15, -0.1) is 11.3 Å². The van der Waals surface area contributed by atoms with E-state index in [1.54, 1.807) is 17.3 Å². The van der Waals surface area contributed by atoms with Gasteiger partial charge in [-0.25, -0.2) is 4.98 Å². The number of rotatable bonds is 3. The Kier molecular flexibility index (Phi) is 4.37. The van der Waals surface area contributed by atoms with Crippen LogP contribution in [0.2, 0.25) is 0 Å². The van der Waals surface area contributed by atoms with Crippen molar-refractivity contribution in [1.82, 2.24) is 25.1 Å². The van der Waals surface area contributed by atoms with Gasteiger partial charge in [-0.2, -0.15) is 5.10 Å². The Balaban J connectivity index is 1.65. The molecule has 4 aromatic rings. The van der Waals surface area contributed by atoms with Crippen LogP contribution in [0.4, 0.5) is 0 Å². The van der Waals surface area contributed by atoms with Crippen molar-refractivity contribution in [2.75, 3.05) is 13.1 Å². The number of hydrogen-bond donors (Lipinski definition) is 2. The number of nitrogens with zero attached hydrogens (tertiary/aromatic N) is 4. The molecule has 29 heavy (non-hydrogen) atoms. The lowest BCUT2D eigenvalue weighted by molar-refractivity contribution is 0.0761. The second-order valence-electron chi connectivity index (χ2n) is 7.20. The Bertz CT molecular complexity index is 1200. The molecule has 7 nitrogen and oxygen atoms in total. The molecule has 1 fully saturated rings. The van der Waals surface area contributed by atoms with Crippen LogP contribution < -0.4 is 0 Å². The monoisotopic (exact) mass is 405 g/mol. The van der Waals surface area contributed by atoms with E-state index < -0.39 is 6.10 Å². The van der Waals surface area contributed by atoms with Gasteiger partial charge in [0.05, 0.1) is 16.5 Å². The molecule has 0 saturated carbocycles. The molecule has 2 N–H and O–H groups in total. The maximum atomic E-state index is 13.2. The first kappa shape index (κ1) is 18.0. The lowest BCUT2D eigenvalue weighted by Crippen LogP contribution is -2.30. The molecule has 0 aliphatic carbocycles. The summed E-state index contributed by atoms with van der Waals surface area (Å²) in [4.78, 5) is 24.5. The van der Waals surface area contributed by atoms with Crippen LogP contribution in [0.15, 0.2) is 42.7 Å². The minimum Gasteiger partial charge on any atom is -0.391 e. The number of thiazole rings is 1. The Morgan fingerprint density at radius 2 is 2.21 bits per heavy atom. The molecule has 1 aromatic carbocycles. The largest absolute Gasteiger partial charge is 0.391 e. The Morgan fingerprint density at radius 3 is 2.97 bits per heavy atom. The zero-order valence-electron chi connectivity index (χ0n) is 15.8. The van der Waals surface area contributed by atoms with Gasteiger partial charge in [0.15, 0.2) is 0 Å². The number of β-amino-alcohol motifs (C(OH)–C–C–N with tert-alkyl or cyclic N) is 1. The van der Waals surface area contributed by atoms with Crippen LogP contribution in [0.25, 0.3) is 32.0 Å². The standard InChI is InChI=1S/C21H19N5O2S/c1-12-4-2-6-15-16(12)24-25-17(15)20-23-18(21(28)26-9-7-14(27)11-26)19(29-20)13-5-3-8-22-10-13/h2-6,8,10,14,27H,7,9,11H2,1H3,(H,24,25). The topological polar surface area (TPSA) is 95.0 Å². The molecular formula is C21H19N5O2S. The molecule has 1 amide bonds. The van der Waals surface area contributed by atoms with Crippen LogP contribution in [-0.2, 0) is 0 Å². The molecule has 146 valence electrons. The molecule has 1 saturated heterocycles. The summed E-state index contributed by atoms with van der Waals surface area (Å²) in [5.41, 5.74) is 4.04. The van der Waals surface area contributed by atoms with Crippen LogP contribution in [0.3, 0.4) is 0 Å². The number of carbonyl (C=O) groups is 1. The normalized spacial score (nSPS) is 16.6. The molecule has 4 heterocycles. The van der Waals surface area contributed by atoms with Gasteiger partial charge >= 0.3 is 0 Å². The summed E-state index contributed by atoms with van der Waals surface area (Å²) >= 11 is 1.44. The Labute approximate surface area is 171 Å². The number of aromatic amines is 1. The third kappa shape index (κ3) is 3.10. The number of pyridine rings is 1. The predicted octanol–water partition coefficient (Wildman–Crippen LogP) is 3.26. The molecular weight excluding hydrogens is 386 g/mol. The van der Waals surface area contributed by atoms with E-state index in [0.717, 1.165) is 32.6 Å². The maximum Gasteiger partial charge on any atom is 0.274 e. The van der Waals surface area contributed by atoms with E-state index in [9.17, 15) is 9.90 Å². The molecule has 1 aliphatic rings. The summed E-state index contributed by atoms with van der Waals surface area (Å²) in [7, 11) is 0. The SMILES string of the molecule is Cc1cccc2c(-c3nc(C(=O)N4CCC(O)C4)c(-c4cccnc4)s3)n[nH]c12. The fourth-order valence-electron chi connectivity index (χ4n) is 3.68. The predicted molar refractivity (Wildman–Crippen MR) is 112 cm³/mol. The van der Waals surface area contributed by atoms with E-state index in [1.807, 2.05) is 37.3 Å². The van der Waals surface area contributed by atoms with Crippen molar-refractivity contribution in [2.45, 2.75) is 19.4 Å². The number of nitrogens with one attached hydrogen (secondary N) is 1. The third-order valence-corrected chi connectivity index (χ3v) is 6.33. The highest BCUT2D eigenvalue weighted by atomic mass is 32.1. The molecule has 3 aromatic heterocycles. The van der Waals surface area contributed by atoms with Gasteiger partial charge in [-0.3, -0.25) is 14.9 Å². The fraction of sp³-hybridized carbons (Fsp3) is 0.238. The number of amides is 1. The number of carbonyl (C=O) groups excluding carboxylic acids is 1. The van der Waals surface area contributed by atoms with Crippen LogP contribution in [0.5, 0.6) is 0 Å². The average Bonchev–Trinajstić information content (AvgIpc) is 3.46. The molecule has 1 unspecified atom stereocenters. The highest BCUT2D eigenvalue weighted by Gasteiger charge is 2.30. The lowest BCUT2D eigenvalue weighted by atomic mass is 10.1. The van der Waals surface area contributed by atoms with Gasteiger partial charge in [0.2, 0.25) is 0 Å². The molecule has 5 rings (SSSR count). The quantitative estimate of drug-likeness (QED) is 0.545. The van der Waals surface area contributed by atoms with Gasteiger partial charge in [-0.05, 0) is 25.0 Å². The summed E-state index contributed by atoms with van der Waals surface area (Å²) in [5.74, 6) is -0.168. The van der Waals surface area contributed by atoms with Gasteiger partial charge in [0.1, 0.15) is 16.4 Å². The maximum absolute atomic E-state index is 13.2. The van der Waals surface area contributed by atoms with Gasteiger partial charge in [0.25, 0.3) is 5.91 Å². The summed E-state index contributed by atoms with van der Waals surface area (Å²) in [5, 5.41) is 19.1. The number of aromatic nitrogens is 4. The molecule has 0 bridgehead atoms. The molecule has 8 heteroatoms. The highest BCUT2D eigenvalue weighted by molar-refractivity contribution is 7.18. The molecule has 1 atom stereocenters. The fourth-order valence-corrected chi connectivity index (χ4v) is 4.73. The summed E-state index contributed by atoms with van der Waals surface area (Å²) in [6.45, 7) is 2.90. The van der Waals surface area contributed by atoms with E-state index in [1.165, 1.54) is 11.3 Å². The molecule has 0 radical (unpaired) electrons. The number of aliphatic hydroxyl groups excluding tert-OH is 1. The zero-order chi connectivity index (χ0) is 20.0. The van der Waals surface area contributed by atoms with Crippen molar-refractivity contribution in [3.63, 3.8) is 0 Å². The third-order valence-electron chi connectivity index (χ3n) is 5.21. The summed E-state index contributed by atoms with van der Waals surface area (Å²) in [6, 6.07) is 9.79. The first-order chi connectivity index (χ1) is 14.1. The molecule has 1 aliphatic heterocycles. The van der Waals surface area contributed by atoms with Crippen molar-refractivity contribution < 1.29 is 9.90 Å². The van der Waals surface area contributed by atoms with Crippen LogP contribution in [0, 0.1) is 6.92 Å². The van der Waals surface area contributed by atoms with E-state index in [4.69, 9.17) is 4.98 Å². The van der Waals surface area contributed by atoms with Crippen molar-refractivity contribution >= 4 is 28.1 Å². The number of hydrogen-bond acceptors (Lipinski definition) is 6. The number of fused-ring (bicyclic) bond motifs is 1. The number of benzene rings is 1. The Hall–Kier alpha value is -3.10. The van der Waals surface area contributed by atoms with Crippen LogP contribution in [-0.4, -0.2) is 55.3 Å². The van der Waals surface area contributed by atoms with Crippen molar-refractivity contribution in [3.05, 3.63) is 54.0 Å². The second-order valence-corrected chi connectivity index (χ2v) is 8.20. The minimum absolute atomic E-state index is 0.168. The highest BCUT2D eigenvalue weighted by Crippen LogP contribution is 2.38. The second kappa shape index (κ2) is 7.06. The van der Waals surface area contributed by atoms with Crippen molar-refractivity contribution in [3.8, 4) is 21.1 Å². The number of aliphatic hydroxyl groups is 1. The first-order valence-electron chi connectivity index (χ1n) is 9.44. The number of H-pyrrole nitrogens is 1. The Morgan fingerprint density at radius 1 is 1.31 bits per heavy atom. The van der Waals surface area contributed by atoms with E-state index in [-0.39, 0.29) is 5.91 Å². The first-order valence-corrected chi connectivity index (χ1v) is 10.3. The van der Waals surface area contributed by atoms with E-state index in [2.05, 4.69) is 15.2 Å².